The maximum absolute atomic E-state index is 10.6. The van der Waals surface area contributed by atoms with Crippen LogP contribution in [0.2, 0.25) is 0 Å². The summed E-state index contributed by atoms with van der Waals surface area (Å²) < 4.78 is 0. The van der Waals surface area contributed by atoms with Crippen molar-refractivity contribution in [2.45, 2.75) is 31.9 Å². The molecule has 0 spiro atoms. The summed E-state index contributed by atoms with van der Waals surface area (Å²) in [6.07, 6.45) is -0.408. The summed E-state index contributed by atoms with van der Waals surface area (Å²) in [5.41, 5.74) is 2.35. The van der Waals surface area contributed by atoms with Crippen LogP contribution in [0.1, 0.15) is 37.0 Å². The van der Waals surface area contributed by atoms with Gasteiger partial charge in [0.05, 0.1) is 12.1 Å². The summed E-state index contributed by atoms with van der Waals surface area (Å²) in [7, 11) is 4.22. The SMILES string of the molecule is CC(C)c1ccc(C(O)C2CN(C)CCN2C)cc1. The fourth-order valence-corrected chi connectivity index (χ4v) is 2.69. The molecule has 1 saturated heterocycles. The van der Waals surface area contributed by atoms with Gasteiger partial charge in [-0.2, -0.15) is 0 Å². The Labute approximate surface area is 116 Å². The fourth-order valence-electron chi connectivity index (χ4n) is 2.69. The van der Waals surface area contributed by atoms with Gasteiger partial charge in [-0.05, 0) is 31.1 Å². The van der Waals surface area contributed by atoms with Crippen molar-refractivity contribution in [2.24, 2.45) is 0 Å². The minimum atomic E-state index is -0.408. The Morgan fingerprint density at radius 1 is 1.05 bits per heavy atom. The lowest BCUT2D eigenvalue weighted by Gasteiger charge is -2.40. The molecule has 2 atom stereocenters. The third-order valence-corrected chi connectivity index (χ3v) is 4.21. The Morgan fingerprint density at radius 3 is 2.21 bits per heavy atom. The summed E-state index contributed by atoms with van der Waals surface area (Å²) >= 11 is 0. The standard InChI is InChI=1S/C16H26N2O/c1-12(2)13-5-7-14(8-6-13)16(19)15-11-17(3)9-10-18(15)4/h5-8,12,15-16,19H,9-11H2,1-4H3. The third kappa shape index (κ3) is 3.35. The Bertz CT molecular complexity index is 402. The molecule has 1 N–H and O–H groups in total. The van der Waals surface area contributed by atoms with E-state index in [-0.39, 0.29) is 6.04 Å². The first-order valence-electron chi connectivity index (χ1n) is 7.15. The van der Waals surface area contributed by atoms with Gasteiger partial charge in [-0.3, -0.25) is 4.90 Å². The Balaban J connectivity index is 2.11. The van der Waals surface area contributed by atoms with Crippen LogP contribution in [0.15, 0.2) is 24.3 Å². The number of nitrogens with zero attached hydrogens (tertiary/aromatic N) is 2. The molecule has 1 aliphatic heterocycles. The van der Waals surface area contributed by atoms with Gasteiger partial charge in [-0.15, -0.1) is 0 Å². The highest BCUT2D eigenvalue weighted by Crippen LogP contribution is 2.24. The molecular formula is C16H26N2O. The van der Waals surface area contributed by atoms with Gasteiger partial charge in [-0.25, -0.2) is 0 Å². The zero-order chi connectivity index (χ0) is 14.0. The predicted molar refractivity (Wildman–Crippen MR) is 79.4 cm³/mol. The average molecular weight is 262 g/mol. The van der Waals surface area contributed by atoms with Crippen molar-refractivity contribution < 1.29 is 5.11 Å². The molecule has 3 heteroatoms. The molecule has 2 unspecified atom stereocenters. The van der Waals surface area contributed by atoms with E-state index in [2.05, 4.69) is 62.0 Å². The normalized spacial score (nSPS) is 23.8. The van der Waals surface area contributed by atoms with Crippen LogP contribution < -0.4 is 0 Å². The van der Waals surface area contributed by atoms with Crippen LogP contribution in [0, 0.1) is 0 Å². The molecule has 0 amide bonds. The number of hydrogen-bond donors (Lipinski definition) is 1. The molecule has 0 aromatic heterocycles. The van der Waals surface area contributed by atoms with Gasteiger partial charge in [0.1, 0.15) is 0 Å². The van der Waals surface area contributed by atoms with E-state index in [1.165, 1.54) is 5.56 Å². The summed E-state index contributed by atoms with van der Waals surface area (Å²) in [5, 5.41) is 10.6. The highest BCUT2D eigenvalue weighted by atomic mass is 16.3. The Hall–Kier alpha value is -0.900. The molecule has 3 nitrogen and oxygen atoms in total. The number of aliphatic hydroxyl groups is 1. The maximum Gasteiger partial charge on any atom is 0.0957 e. The van der Waals surface area contributed by atoms with E-state index >= 15 is 0 Å². The Morgan fingerprint density at radius 2 is 1.63 bits per heavy atom. The van der Waals surface area contributed by atoms with Crippen molar-refractivity contribution in [3.63, 3.8) is 0 Å². The van der Waals surface area contributed by atoms with E-state index < -0.39 is 6.10 Å². The summed E-state index contributed by atoms with van der Waals surface area (Å²) in [4.78, 5) is 4.55. The summed E-state index contributed by atoms with van der Waals surface area (Å²) in [6.45, 7) is 7.39. The summed E-state index contributed by atoms with van der Waals surface area (Å²) in [6, 6.07) is 8.60. The lowest BCUT2D eigenvalue weighted by Crippen LogP contribution is -2.52. The first kappa shape index (κ1) is 14.5. The maximum atomic E-state index is 10.6. The topological polar surface area (TPSA) is 26.7 Å². The van der Waals surface area contributed by atoms with E-state index in [1.807, 2.05) is 0 Å². The van der Waals surface area contributed by atoms with Gasteiger partial charge in [0, 0.05) is 19.6 Å². The molecule has 19 heavy (non-hydrogen) atoms. The first-order chi connectivity index (χ1) is 8.99. The molecule has 106 valence electrons. The molecule has 0 radical (unpaired) electrons. The van der Waals surface area contributed by atoms with Crippen LogP contribution >= 0.6 is 0 Å². The van der Waals surface area contributed by atoms with Crippen LogP contribution in [-0.4, -0.2) is 54.7 Å². The number of benzene rings is 1. The number of rotatable bonds is 3. The molecule has 1 heterocycles. The molecule has 1 aromatic carbocycles. The van der Waals surface area contributed by atoms with Gasteiger partial charge in [0.2, 0.25) is 0 Å². The van der Waals surface area contributed by atoms with Crippen molar-refractivity contribution in [3.8, 4) is 0 Å². The smallest absolute Gasteiger partial charge is 0.0957 e. The Kier molecular flexibility index (Phi) is 4.61. The zero-order valence-electron chi connectivity index (χ0n) is 12.5. The highest BCUT2D eigenvalue weighted by Gasteiger charge is 2.29. The quantitative estimate of drug-likeness (QED) is 0.903. The molecule has 1 aromatic rings. The van der Waals surface area contributed by atoms with Crippen molar-refractivity contribution in [1.82, 2.24) is 9.80 Å². The zero-order valence-corrected chi connectivity index (χ0v) is 12.5. The highest BCUT2D eigenvalue weighted by molar-refractivity contribution is 5.27. The lowest BCUT2D eigenvalue weighted by atomic mass is 9.96. The molecule has 1 fully saturated rings. The van der Waals surface area contributed by atoms with Gasteiger partial charge >= 0.3 is 0 Å². The number of piperazine rings is 1. The lowest BCUT2D eigenvalue weighted by molar-refractivity contribution is 0.0138. The van der Waals surface area contributed by atoms with Crippen LogP contribution in [0.3, 0.4) is 0 Å². The largest absolute Gasteiger partial charge is 0.387 e. The summed E-state index contributed by atoms with van der Waals surface area (Å²) in [5.74, 6) is 0.537. The van der Waals surface area contributed by atoms with Crippen LogP contribution in [0.5, 0.6) is 0 Å². The van der Waals surface area contributed by atoms with Gasteiger partial charge in [0.25, 0.3) is 0 Å². The molecule has 1 aliphatic rings. The van der Waals surface area contributed by atoms with Crippen molar-refractivity contribution >= 4 is 0 Å². The fraction of sp³-hybridized carbons (Fsp3) is 0.625. The minimum absolute atomic E-state index is 0.184. The van der Waals surface area contributed by atoms with Crippen molar-refractivity contribution in [1.29, 1.82) is 0 Å². The van der Waals surface area contributed by atoms with Gasteiger partial charge in [-0.1, -0.05) is 38.1 Å². The van der Waals surface area contributed by atoms with Gasteiger partial charge in [0.15, 0.2) is 0 Å². The van der Waals surface area contributed by atoms with Crippen molar-refractivity contribution in [3.05, 3.63) is 35.4 Å². The number of hydrogen-bond acceptors (Lipinski definition) is 3. The molecule has 0 aliphatic carbocycles. The van der Waals surface area contributed by atoms with E-state index in [1.54, 1.807) is 0 Å². The molecule has 2 rings (SSSR count). The monoisotopic (exact) mass is 262 g/mol. The number of likely N-dealkylation sites (N-methyl/N-ethyl adjacent to an activating group) is 2. The first-order valence-corrected chi connectivity index (χ1v) is 7.15. The van der Waals surface area contributed by atoms with Crippen molar-refractivity contribution in [2.75, 3.05) is 33.7 Å². The van der Waals surface area contributed by atoms with Gasteiger partial charge < -0.3 is 10.0 Å². The van der Waals surface area contributed by atoms with Crippen LogP contribution in [0.4, 0.5) is 0 Å². The molecular weight excluding hydrogens is 236 g/mol. The second-order valence-electron chi connectivity index (χ2n) is 6.08. The van der Waals surface area contributed by atoms with E-state index in [4.69, 9.17) is 0 Å². The van der Waals surface area contributed by atoms with E-state index in [9.17, 15) is 5.11 Å². The average Bonchev–Trinajstić information content (AvgIpc) is 2.41. The second-order valence-corrected chi connectivity index (χ2v) is 6.08. The van der Waals surface area contributed by atoms with E-state index in [0.29, 0.717) is 5.92 Å². The molecule has 0 saturated carbocycles. The minimum Gasteiger partial charge on any atom is -0.387 e. The van der Waals surface area contributed by atoms with E-state index in [0.717, 1.165) is 25.2 Å². The van der Waals surface area contributed by atoms with Crippen LogP contribution in [-0.2, 0) is 0 Å². The predicted octanol–water partition coefficient (Wildman–Crippen LogP) is 2.09. The second kappa shape index (κ2) is 6.04. The third-order valence-electron chi connectivity index (χ3n) is 4.21. The number of aliphatic hydroxyl groups excluding tert-OH is 1. The molecule has 0 bridgehead atoms. The van der Waals surface area contributed by atoms with Crippen LogP contribution in [0.25, 0.3) is 0 Å².